The van der Waals surface area contributed by atoms with E-state index in [0.717, 1.165) is 37.3 Å². The lowest BCUT2D eigenvalue weighted by Gasteiger charge is -2.35. The number of anilines is 2. The molecule has 0 saturated carbocycles. The van der Waals surface area contributed by atoms with Crippen molar-refractivity contribution in [2.45, 2.75) is 25.4 Å². The summed E-state index contributed by atoms with van der Waals surface area (Å²) >= 11 is 0. The zero-order valence-electron chi connectivity index (χ0n) is 17.7. The quantitative estimate of drug-likeness (QED) is 0.707. The van der Waals surface area contributed by atoms with Crippen LogP contribution >= 0.6 is 0 Å². The fourth-order valence-electron chi connectivity index (χ4n) is 4.75. The van der Waals surface area contributed by atoms with Crippen LogP contribution in [-0.4, -0.2) is 45.2 Å². The van der Waals surface area contributed by atoms with Gasteiger partial charge in [-0.25, -0.2) is 9.97 Å². The first-order chi connectivity index (χ1) is 15.1. The summed E-state index contributed by atoms with van der Waals surface area (Å²) in [5, 5.41) is 10.8. The van der Waals surface area contributed by atoms with Crippen LogP contribution in [0.2, 0.25) is 0 Å². The van der Waals surface area contributed by atoms with E-state index in [0.29, 0.717) is 24.5 Å². The van der Waals surface area contributed by atoms with Gasteiger partial charge >= 0.3 is 0 Å². The average molecular weight is 418 g/mol. The van der Waals surface area contributed by atoms with Gasteiger partial charge in [-0.05, 0) is 43.0 Å². The molecule has 3 aromatic rings. The Labute approximate surface area is 182 Å². The number of carbonyl (C=O) groups excluding carboxylic acids is 1. The average Bonchev–Trinajstić information content (AvgIpc) is 3.44. The van der Waals surface area contributed by atoms with Gasteiger partial charge < -0.3 is 19.5 Å². The van der Waals surface area contributed by atoms with Crippen molar-refractivity contribution < 1.29 is 9.90 Å². The maximum Gasteiger partial charge on any atom is 0.259 e. The van der Waals surface area contributed by atoms with Gasteiger partial charge in [0, 0.05) is 56.9 Å². The number of aliphatic hydroxyl groups excluding tert-OH is 1. The van der Waals surface area contributed by atoms with Crippen molar-refractivity contribution in [1.82, 2.24) is 14.5 Å². The Balaban J connectivity index is 1.29. The van der Waals surface area contributed by atoms with E-state index in [9.17, 15) is 9.90 Å². The van der Waals surface area contributed by atoms with E-state index in [1.807, 2.05) is 53.0 Å². The van der Waals surface area contributed by atoms with Gasteiger partial charge in [-0.2, -0.15) is 0 Å². The van der Waals surface area contributed by atoms with Crippen LogP contribution in [0, 0.1) is 5.92 Å². The zero-order valence-corrected chi connectivity index (χ0v) is 17.7. The second kappa shape index (κ2) is 8.15. The molecule has 2 atom stereocenters. The summed E-state index contributed by atoms with van der Waals surface area (Å²) < 4.78 is 1.87. The first kappa shape index (κ1) is 19.8. The number of pyridine rings is 1. The molecule has 31 heavy (non-hydrogen) atoms. The number of nitrogens with zero attached hydrogens (tertiary/aromatic N) is 5. The van der Waals surface area contributed by atoms with E-state index in [-0.39, 0.29) is 11.8 Å². The van der Waals surface area contributed by atoms with Crippen molar-refractivity contribution in [1.29, 1.82) is 0 Å². The molecular formula is C24H27N5O2. The predicted octanol–water partition coefficient (Wildman–Crippen LogP) is 2.97. The minimum Gasteiger partial charge on any atom is -0.385 e. The molecule has 1 saturated heterocycles. The third-order valence-electron chi connectivity index (χ3n) is 6.48. The Bertz CT molecular complexity index is 1080. The van der Waals surface area contributed by atoms with Gasteiger partial charge in [-0.1, -0.05) is 18.2 Å². The van der Waals surface area contributed by atoms with Crippen molar-refractivity contribution in [3.63, 3.8) is 0 Å². The van der Waals surface area contributed by atoms with Crippen molar-refractivity contribution >= 4 is 17.4 Å². The third-order valence-corrected chi connectivity index (χ3v) is 6.48. The number of benzene rings is 1. The van der Waals surface area contributed by atoms with Crippen molar-refractivity contribution in [3.8, 4) is 0 Å². The molecule has 1 aromatic carbocycles. The second-order valence-electron chi connectivity index (χ2n) is 8.43. The van der Waals surface area contributed by atoms with Gasteiger partial charge in [0.2, 0.25) is 0 Å². The van der Waals surface area contributed by atoms with Crippen LogP contribution in [0.4, 0.5) is 11.5 Å². The number of amides is 1. The number of hydrogen-bond donors (Lipinski definition) is 1. The molecule has 0 spiro atoms. The first-order valence-electron chi connectivity index (χ1n) is 10.9. The van der Waals surface area contributed by atoms with Crippen LogP contribution in [-0.2, 0) is 13.5 Å². The maximum atomic E-state index is 13.0. The van der Waals surface area contributed by atoms with Crippen LogP contribution in [0.5, 0.6) is 0 Å². The molecule has 0 bridgehead atoms. The van der Waals surface area contributed by atoms with Gasteiger partial charge in [0.1, 0.15) is 17.7 Å². The van der Waals surface area contributed by atoms with Gasteiger partial charge in [-0.3, -0.25) is 4.79 Å². The highest BCUT2D eigenvalue weighted by atomic mass is 16.3. The standard InChI is InChI=1S/C24H27N5O2/c1-27-14-11-25-23(27)22(30)19-6-4-12-28(16-19)21-9-8-18(15-26-21)24(31)29-13-10-17-5-2-3-7-20(17)29/h2-3,5,7-9,11,14-15,19,22,30H,4,6,10,12-13,16H2,1H3. The lowest BCUT2D eigenvalue weighted by molar-refractivity contribution is 0.0874. The number of aromatic nitrogens is 3. The third kappa shape index (κ3) is 3.70. The summed E-state index contributed by atoms with van der Waals surface area (Å²) in [5.74, 6) is 1.63. The van der Waals surface area contributed by atoms with E-state index in [2.05, 4.69) is 20.9 Å². The Morgan fingerprint density at radius 2 is 2.03 bits per heavy atom. The van der Waals surface area contributed by atoms with Gasteiger partial charge in [0.25, 0.3) is 5.91 Å². The van der Waals surface area contributed by atoms with Gasteiger partial charge in [0.05, 0.1) is 5.56 Å². The number of fused-ring (bicyclic) bond motifs is 1. The first-order valence-corrected chi connectivity index (χ1v) is 10.9. The molecule has 1 amide bonds. The minimum atomic E-state index is -0.598. The van der Waals surface area contributed by atoms with E-state index in [1.54, 1.807) is 12.4 Å². The number of piperidine rings is 1. The van der Waals surface area contributed by atoms with Crippen LogP contribution in [0.3, 0.4) is 0 Å². The topological polar surface area (TPSA) is 74.5 Å². The van der Waals surface area contributed by atoms with E-state index in [4.69, 9.17) is 0 Å². The molecule has 0 radical (unpaired) electrons. The van der Waals surface area contributed by atoms with E-state index in [1.165, 1.54) is 5.56 Å². The smallest absolute Gasteiger partial charge is 0.259 e. The molecule has 5 rings (SSSR count). The normalized spacial score (nSPS) is 19.4. The van der Waals surface area contributed by atoms with E-state index < -0.39 is 6.10 Å². The molecule has 7 heteroatoms. The molecule has 1 fully saturated rings. The summed E-state index contributed by atoms with van der Waals surface area (Å²) in [6, 6.07) is 11.9. The monoisotopic (exact) mass is 417 g/mol. The second-order valence-corrected chi connectivity index (χ2v) is 8.43. The minimum absolute atomic E-state index is 0.00859. The highest BCUT2D eigenvalue weighted by Gasteiger charge is 2.30. The largest absolute Gasteiger partial charge is 0.385 e. The van der Waals surface area contributed by atoms with Crippen LogP contribution in [0.15, 0.2) is 55.0 Å². The molecule has 2 aliphatic rings. The summed E-state index contributed by atoms with van der Waals surface area (Å²) in [6.45, 7) is 2.32. The number of aliphatic hydroxyl groups is 1. The number of carbonyl (C=O) groups is 1. The molecule has 0 aliphatic carbocycles. The summed E-state index contributed by atoms with van der Waals surface area (Å²) in [4.78, 5) is 26.0. The SMILES string of the molecule is Cn1ccnc1C(O)C1CCCN(c2ccc(C(=O)N3CCc4ccccc43)cn2)C1. The Morgan fingerprint density at radius 3 is 2.81 bits per heavy atom. The molecule has 2 aromatic heterocycles. The van der Waals surface area contributed by atoms with Crippen LogP contribution in [0.1, 0.15) is 40.7 Å². The molecule has 2 unspecified atom stereocenters. The highest BCUT2D eigenvalue weighted by molar-refractivity contribution is 6.07. The Kier molecular flexibility index (Phi) is 5.19. The Morgan fingerprint density at radius 1 is 1.16 bits per heavy atom. The number of rotatable bonds is 4. The molecule has 2 aliphatic heterocycles. The maximum absolute atomic E-state index is 13.0. The molecule has 4 heterocycles. The molecule has 160 valence electrons. The van der Waals surface area contributed by atoms with Crippen LogP contribution < -0.4 is 9.80 Å². The number of imidazole rings is 1. The lowest BCUT2D eigenvalue weighted by Crippen LogP contribution is -2.39. The predicted molar refractivity (Wildman–Crippen MR) is 119 cm³/mol. The summed E-state index contributed by atoms with van der Waals surface area (Å²) in [7, 11) is 1.90. The van der Waals surface area contributed by atoms with Crippen molar-refractivity contribution in [3.05, 3.63) is 71.9 Å². The number of aryl methyl sites for hydroxylation is 1. The van der Waals surface area contributed by atoms with Crippen molar-refractivity contribution in [2.24, 2.45) is 13.0 Å². The number of para-hydroxylation sites is 1. The molecule has 7 nitrogen and oxygen atoms in total. The van der Waals surface area contributed by atoms with Crippen LogP contribution in [0.25, 0.3) is 0 Å². The fraction of sp³-hybridized carbons (Fsp3) is 0.375. The van der Waals surface area contributed by atoms with Crippen molar-refractivity contribution in [2.75, 3.05) is 29.4 Å². The highest BCUT2D eigenvalue weighted by Crippen LogP contribution is 2.31. The van der Waals surface area contributed by atoms with Gasteiger partial charge in [-0.15, -0.1) is 0 Å². The summed E-state index contributed by atoms with van der Waals surface area (Å²) in [5.41, 5.74) is 2.81. The molecule has 1 N–H and O–H groups in total. The van der Waals surface area contributed by atoms with E-state index >= 15 is 0 Å². The molecular weight excluding hydrogens is 390 g/mol. The zero-order chi connectivity index (χ0) is 21.4. The fourth-order valence-corrected chi connectivity index (χ4v) is 4.75. The summed E-state index contributed by atoms with van der Waals surface area (Å²) in [6.07, 6.45) is 7.48. The van der Waals surface area contributed by atoms with Gasteiger partial charge in [0.15, 0.2) is 0 Å². The lowest BCUT2D eigenvalue weighted by atomic mass is 9.92. The number of hydrogen-bond acceptors (Lipinski definition) is 5. The Hall–Kier alpha value is -3.19.